The Balaban J connectivity index is 2.37. The molecule has 1 aromatic carbocycles. The number of hydrogen-bond donors (Lipinski definition) is 1. The van der Waals surface area contributed by atoms with Crippen LogP contribution in [0.3, 0.4) is 0 Å². The van der Waals surface area contributed by atoms with Gasteiger partial charge >= 0.3 is 0 Å². The molecule has 18 heavy (non-hydrogen) atoms. The molecule has 0 amide bonds. The monoisotopic (exact) mass is 247 g/mol. The van der Waals surface area contributed by atoms with E-state index in [-0.39, 0.29) is 5.60 Å². The number of rotatable bonds is 4. The summed E-state index contributed by atoms with van der Waals surface area (Å²) < 4.78 is 5.92. The third-order valence-electron chi connectivity index (χ3n) is 4.25. The fourth-order valence-corrected chi connectivity index (χ4v) is 3.49. The standard InChI is InChI=1S/C16H25NO/c1-12-9-13(2)11-14(10-12)15(17-3)16(18-4)7-5-6-8-16/h9-11,15,17H,5-8H2,1-4H3. The van der Waals surface area contributed by atoms with Gasteiger partial charge < -0.3 is 10.1 Å². The van der Waals surface area contributed by atoms with Crippen LogP contribution in [0.1, 0.15) is 48.4 Å². The van der Waals surface area contributed by atoms with Gasteiger partial charge in [-0.1, -0.05) is 42.2 Å². The molecule has 1 fully saturated rings. The maximum absolute atomic E-state index is 5.92. The number of hydrogen-bond acceptors (Lipinski definition) is 2. The number of benzene rings is 1. The minimum absolute atomic E-state index is 0.0189. The molecule has 2 rings (SSSR count). The fraction of sp³-hybridized carbons (Fsp3) is 0.625. The van der Waals surface area contributed by atoms with Crippen LogP contribution < -0.4 is 5.32 Å². The maximum atomic E-state index is 5.92. The van der Waals surface area contributed by atoms with Gasteiger partial charge in [-0.15, -0.1) is 0 Å². The molecule has 0 aliphatic heterocycles. The highest BCUT2D eigenvalue weighted by Gasteiger charge is 2.41. The molecular formula is C16H25NO. The van der Waals surface area contributed by atoms with Gasteiger partial charge in [-0.3, -0.25) is 0 Å². The molecule has 0 aromatic heterocycles. The van der Waals surface area contributed by atoms with Crippen molar-refractivity contribution in [1.29, 1.82) is 0 Å². The summed E-state index contributed by atoms with van der Waals surface area (Å²) in [4.78, 5) is 0. The van der Waals surface area contributed by atoms with E-state index in [4.69, 9.17) is 4.74 Å². The average molecular weight is 247 g/mol. The predicted molar refractivity (Wildman–Crippen MR) is 75.9 cm³/mol. The molecule has 100 valence electrons. The zero-order valence-corrected chi connectivity index (χ0v) is 12.0. The first kappa shape index (κ1) is 13.6. The van der Waals surface area contributed by atoms with Gasteiger partial charge in [0.15, 0.2) is 0 Å². The molecule has 0 heterocycles. The van der Waals surface area contributed by atoms with E-state index in [1.54, 1.807) is 0 Å². The largest absolute Gasteiger partial charge is 0.376 e. The minimum atomic E-state index is -0.0189. The second kappa shape index (κ2) is 5.41. The van der Waals surface area contributed by atoms with Crippen LogP contribution in [-0.4, -0.2) is 19.8 Å². The van der Waals surface area contributed by atoms with Crippen LogP contribution in [0.15, 0.2) is 18.2 Å². The Hall–Kier alpha value is -0.860. The van der Waals surface area contributed by atoms with Crippen molar-refractivity contribution in [2.45, 2.75) is 51.2 Å². The van der Waals surface area contributed by atoms with E-state index in [2.05, 4.69) is 37.4 Å². The Morgan fingerprint density at radius 3 is 2.11 bits per heavy atom. The van der Waals surface area contributed by atoms with E-state index in [1.165, 1.54) is 29.5 Å². The van der Waals surface area contributed by atoms with Crippen molar-refractivity contribution < 1.29 is 4.74 Å². The highest BCUT2D eigenvalue weighted by atomic mass is 16.5. The van der Waals surface area contributed by atoms with Crippen LogP contribution >= 0.6 is 0 Å². The number of ether oxygens (including phenoxy) is 1. The SMILES string of the molecule is CNC(c1cc(C)cc(C)c1)C1(OC)CCCC1. The molecule has 0 spiro atoms. The quantitative estimate of drug-likeness (QED) is 0.879. The Labute approximate surface area is 111 Å². The summed E-state index contributed by atoms with van der Waals surface area (Å²) in [5.41, 5.74) is 4.00. The van der Waals surface area contributed by atoms with Gasteiger partial charge in [-0.05, 0) is 39.3 Å². The van der Waals surface area contributed by atoms with Gasteiger partial charge in [0.25, 0.3) is 0 Å². The number of methoxy groups -OCH3 is 1. The van der Waals surface area contributed by atoms with Crippen LogP contribution in [0.25, 0.3) is 0 Å². The van der Waals surface area contributed by atoms with E-state index in [0.717, 1.165) is 12.8 Å². The molecule has 2 heteroatoms. The molecule has 0 radical (unpaired) electrons. The van der Waals surface area contributed by atoms with Crippen LogP contribution in [0.4, 0.5) is 0 Å². The summed E-state index contributed by atoms with van der Waals surface area (Å²) in [5.74, 6) is 0. The van der Waals surface area contributed by atoms with Crippen LogP contribution in [0, 0.1) is 13.8 Å². The molecule has 2 nitrogen and oxygen atoms in total. The number of nitrogens with one attached hydrogen (secondary N) is 1. The summed E-state index contributed by atoms with van der Waals surface area (Å²) in [7, 11) is 3.90. The number of likely N-dealkylation sites (N-methyl/N-ethyl adjacent to an activating group) is 1. The van der Waals surface area contributed by atoms with Crippen molar-refractivity contribution in [3.05, 3.63) is 34.9 Å². The highest BCUT2D eigenvalue weighted by molar-refractivity contribution is 5.32. The van der Waals surface area contributed by atoms with Crippen molar-refractivity contribution >= 4 is 0 Å². The minimum Gasteiger partial charge on any atom is -0.376 e. The second-order valence-corrected chi connectivity index (χ2v) is 5.62. The Kier molecular flexibility index (Phi) is 4.08. The normalized spacial score (nSPS) is 20.0. The van der Waals surface area contributed by atoms with Crippen molar-refractivity contribution in [2.75, 3.05) is 14.2 Å². The van der Waals surface area contributed by atoms with E-state index in [0.29, 0.717) is 6.04 Å². The Morgan fingerprint density at radius 2 is 1.67 bits per heavy atom. The lowest BCUT2D eigenvalue weighted by Crippen LogP contribution is -2.42. The van der Waals surface area contributed by atoms with Gasteiger partial charge in [0.05, 0.1) is 11.6 Å². The van der Waals surface area contributed by atoms with E-state index in [9.17, 15) is 0 Å². The third kappa shape index (κ3) is 2.45. The van der Waals surface area contributed by atoms with E-state index >= 15 is 0 Å². The van der Waals surface area contributed by atoms with E-state index < -0.39 is 0 Å². The zero-order valence-electron chi connectivity index (χ0n) is 12.0. The first-order valence-corrected chi connectivity index (χ1v) is 6.92. The summed E-state index contributed by atoms with van der Waals surface area (Å²) in [6.07, 6.45) is 4.86. The molecule has 1 N–H and O–H groups in total. The van der Waals surface area contributed by atoms with Crippen LogP contribution in [-0.2, 0) is 4.74 Å². The van der Waals surface area contributed by atoms with Crippen molar-refractivity contribution in [3.63, 3.8) is 0 Å². The summed E-state index contributed by atoms with van der Waals surface area (Å²) >= 11 is 0. The molecule has 1 atom stereocenters. The van der Waals surface area contributed by atoms with Gasteiger partial charge in [-0.25, -0.2) is 0 Å². The summed E-state index contributed by atoms with van der Waals surface area (Å²) in [5, 5.41) is 3.48. The Morgan fingerprint density at radius 1 is 1.11 bits per heavy atom. The highest BCUT2D eigenvalue weighted by Crippen LogP contribution is 2.42. The number of aryl methyl sites for hydroxylation is 2. The first-order valence-electron chi connectivity index (χ1n) is 6.92. The topological polar surface area (TPSA) is 21.3 Å². The zero-order chi connectivity index (χ0) is 13.2. The molecule has 1 aromatic rings. The van der Waals surface area contributed by atoms with Gasteiger partial charge in [0.2, 0.25) is 0 Å². The molecular weight excluding hydrogens is 222 g/mol. The lowest BCUT2D eigenvalue weighted by atomic mass is 9.85. The molecule has 1 saturated carbocycles. The van der Waals surface area contributed by atoms with Gasteiger partial charge in [-0.2, -0.15) is 0 Å². The molecule has 0 saturated heterocycles. The van der Waals surface area contributed by atoms with Gasteiger partial charge in [0.1, 0.15) is 0 Å². The second-order valence-electron chi connectivity index (χ2n) is 5.62. The molecule has 1 unspecified atom stereocenters. The lowest BCUT2D eigenvalue weighted by molar-refractivity contribution is -0.0349. The van der Waals surface area contributed by atoms with Crippen LogP contribution in [0.5, 0.6) is 0 Å². The van der Waals surface area contributed by atoms with Crippen molar-refractivity contribution in [3.8, 4) is 0 Å². The lowest BCUT2D eigenvalue weighted by Gasteiger charge is -2.37. The predicted octanol–water partition coefficient (Wildman–Crippen LogP) is 3.52. The van der Waals surface area contributed by atoms with Crippen molar-refractivity contribution in [1.82, 2.24) is 5.32 Å². The third-order valence-corrected chi connectivity index (χ3v) is 4.25. The summed E-state index contributed by atoms with van der Waals surface area (Å²) in [6.45, 7) is 4.33. The average Bonchev–Trinajstić information content (AvgIpc) is 2.78. The van der Waals surface area contributed by atoms with Gasteiger partial charge in [0, 0.05) is 7.11 Å². The first-order chi connectivity index (χ1) is 8.61. The molecule has 1 aliphatic rings. The maximum Gasteiger partial charge on any atom is 0.0872 e. The van der Waals surface area contributed by atoms with Crippen molar-refractivity contribution in [2.24, 2.45) is 0 Å². The smallest absolute Gasteiger partial charge is 0.0872 e. The van der Waals surface area contributed by atoms with Crippen LogP contribution in [0.2, 0.25) is 0 Å². The Bertz CT molecular complexity index is 387. The fourth-order valence-electron chi connectivity index (χ4n) is 3.49. The summed E-state index contributed by atoms with van der Waals surface area (Å²) in [6, 6.07) is 7.09. The molecule has 0 bridgehead atoms. The van der Waals surface area contributed by atoms with E-state index in [1.807, 2.05) is 14.2 Å². The molecule has 1 aliphatic carbocycles.